The summed E-state index contributed by atoms with van der Waals surface area (Å²) in [6.45, 7) is 2.22. The Balaban J connectivity index is 1.34. The Labute approximate surface area is 183 Å². The van der Waals surface area contributed by atoms with Gasteiger partial charge in [-0.05, 0) is 49.8 Å². The molecule has 0 aliphatic carbocycles. The summed E-state index contributed by atoms with van der Waals surface area (Å²) in [5, 5.41) is 4.49. The predicted octanol–water partition coefficient (Wildman–Crippen LogP) is 4.45. The van der Waals surface area contributed by atoms with Crippen molar-refractivity contribution in [2.24, 2.45) is 0 Å². The van der Waals surface area contributed by atoms with Gasteiger partial charge in [0.25, 0.3) is 5.22 Å². The quantitative estimate of drug-likeness (QED) is 0.283. The average molecular weight is 453 g/mol. The van der Waals surface area contributed by atoms with Crippen LogP contribution in [-0.2, 0) is 11.3 Å². The van der Waals surface area contributed by atoms with Crippen molar-refractivity contribution in [3.8, 4) is 0 Å². The molecule has 0 saturated carbocycles. The minimum atomic E-state index is -0.0519. The van der Waals surface area contributed by atoms with Crippen LogP contribution in [0.15, 0.2) is 46.0 Å². The maximum Gasteiger partial charge on any atom is 0.257 e. The number of aromatic nitrogens is 1. The highest BCUT2D eigenvalue weighted by atomic mass is 35.5. The lowest BCUT2D eigenvalue weighted by atomic mass is 10.2. The number of hydrogen-bond donors (Lipinski definition) is 2. The fourth-order valence-electron chi connectivity index (χ4n) is 2.77. The monoisotopic (exact) mass is 452 g/mol. The van der Waals surface area contributed by atoms with E-state index in [2.05, 4.69) is 15.2 Å². The maximum atomic E-state index is 12.0. The lowest BCUT2D eigenvalue weighted by Gasteiger charge is -2.17. The molecular formula is C20H22Cl2N4O2S. The van der Waals surface area contributed by atoms with Crippen LogP contribution in [0.3, 0.4) is 0 Å². The van der Waals surface area contributed by atoms with E-state index in [4.69, 9.17) is 33.4 Å². The van der Waals surface area contributed by atoms with E-state index in [1.165, 1.54) is 11.8 Å². The van der Waals surface area contributed by atoms with Gasteiger partial charge in [-0.3, -0.25) is 4.79 Å². The molecule has 0 atom stereocenters. The van der Waals surface area contributed by atoms with Crippen LogP contribution in [0.2, 0.25) is 10.0 Å². The molecule has 154 valence electrons. The number of amides is 1. The second kappa shape index (κ2) is 10.2. The lowest BCUT2D eigenvalue weighted by molar-refractivity contribution is -0.118. The lowest BCUT2D eigenvalue weighted by Crippen LogP contribution is -2.29. The summed E-state index contributed by atoms with van der Waals surface area (Å²) in [6.07, 6.45) is 0.844. The molecule has 0 radical (unpaired) electrons. The van der Waals surface area contributed by atoms with E-state index in [9.17, 15) is 4.79 Å². The molecule has 6 nitrogen and oxygen atoms in total. The molecule has 0 bridgehead atoms. The van der Waals surface area contributed by atoms with Crippen molar-refractivity contribution in [3.05, 3.63) is 52.0 Å². The average Bonchev–Trinajstić information content (AvgIpc) is 3.08. The van der Waals surface area contributed by atoms with Gasteiger partial charge in [0.05, 0.1) is 15.8 Å². The molecule has 2 aromatic carbocycles. The molecule has 1 heterocycles. The number of benzene rings is 2. The van der Waals surface area contributed by atoms with Crippen LogP contribution >= 0.6 is 35.0 Å². The van der Waals surface area contributed by atoms with E-state index in [0.717, 1.165) is 30.6 Å². The van der Waals surface area contributed by atoms with Crippen LogP contribution in [0, 0.1) is 0 Å². The number of rotatable bonds is 9. The second-order valence-corrected chi connectivity index (χ2v) is 8.43. The Kier molecular flexibility index (Phi) is 7.66. The Hall–Kier alpha value is -1.93. The van der Waals surface area contributed by atoms with Crippen molar-refractivity contribution in [1.29, 1.82) is 0 Å². The minimum Gasteiger partial charge on any atom is -0.431 e. The smallest absolute Gasteiger partial charge is 0.257 e. The Morgan fingerprint density at radius 1 is 1.24 bits per heavy atom. The standard InChI is InChI=1S/C20H22Cl2N4O2S/c1-26(11-13-3-5-15(21)16(22)9-13)8-2-7-24-19(27)12-29-20-25-17-6-4-14(23)10-18(17)28-20/h3-6,9-10H,2,7-8,11-12,23H2,1H3,(H,24,27). The first-order valence-corrected chi connectivity index (χ1v) is 10.8. The van der Waals surface area contributed by atoms with Crippen molar-refractivity contribution in [2.75, 3.05) is 31.6 Å². The number of thioether (sulfide) groups is 1. The highest BCUT2D eigenvalue weighted by Crippen LogP contribution is 2.25. The molecule has 0 aliphatic rings. The number of hydrogen-bond acceptors (Lipinski definition) is 6. The summed E-state index contributed by atoms with van der Waals surface area (Å²) in [6, 6.07) is 10.9. The second-order valence-electron chi connectivity index (χ2n) is 6.69. The van der Waals surface area contributed by atoms with Crippen LogP contribution in [0.4, 0.5) is 5.69 Å². The zero-order valence-corrected chi connectivity index (χ0v) is 18.3. The molecule has 3 aromatic rings. The topological polar surface area (TPSA) is 84.4 Å². The van der Waals surface area contributed by atoms with Crippen molar-refractivity contribution in [3.63, 3.8) is 0 Å². The van der Waals surface area contributed by atoms with Gasteiger partial charge in [0.1, 0.15) is 5.52 Å². The Morgan fingerprint density at radius 3 is 2.86 bits per heavy atom. The first kappa shape index (κ1) is 21.8. The Bertz CT molecular complexity index is 996. The summed E-state index contributed by atoms with van der Waals surface area (Å²) in [5.41, 5.74) is 8.80. The molecular weight excluding hydrogens is 431 g/mol. The van der Waals surface area contributed by atoms with Gasteiger partial charge in [0.15, 0.2) is 5.58 Å². The highest BCUT2D eigenvalue weighted by Gasteiger charge is 2.10. The molecule has 0 saturated heterocycles. The number of nitrogens with zero attached hydrogens (tertiary/aromatic N) is 2. The number of carbonyl (C=O) groups excluding carboxylic acids is 1. The molecule has 0 unspecified atom stereocenters. The molecule has 9 heteroatoms. The zero-order valence-electron chi connectivity index (χ0n) is 16.0. The number of carbonyl (C=O) groups is 1. The van der Waals surface area contributed by atoms with Gasteiger partial charge in [0.2, 0.25) is 5.91 Å². The van der Waals surface area contributed by atoms with Crippen molar-refractivity contribution in [2.45, 2.75) is 18.2 Å². The number of nitrogens with one attached hydrogen (secondary N) is 1. The minimum absolute atomic E-state index is 0.0519. The summed E-state index contributed by atoms with van der Waals surface area (Å²) in [7, 11) is 2.03. The van der Waals surface area contributed by atoms with E-state index in [-0.39, 0.29) is 11.7 Å². The number of oxazole rings is 1. The van der Waals surface area contributed by atoms with Gasteiger partial charge in [-0.1, -0.05) is 41.0 Å². The van der Waals surface area contributed by atoms with Crippen LogP contribution in [0.25, 0.3) is 11.1 Å². The van der Waals surface area contributed by atoms with E-state index in [0.29, 0.717) is 33.1 Å². The van der Waals surface area contributed by atoms with Gasteiger partial charge >= 0.3 is 0 Å². The van der Waals surface area contributed by atoms with Gasteiger partial charge in [-0.2, -0.15) is 0 Å². The van der Waals surface area contributed by atoms with Gasteiger partial charge in [0, 0.05) is 24.8 Å². The fourth-order valence-corrected chi connectivity index (χ4v) is 3.75. The number of anilines is 1. The largest absolute Gasteiger partial charge is 0.431 e. The third-order valence-corrected chi connectivity index (χ3v) is 5.76. The number of halogens is 2. The van der Waals surface area contributed by atoms with Gasteiger partial charge in [-0.15, -0.1) is 0 Å². The molecule has 1 amide bonds. The highest BCUT2D eigenvalue weighted by molar-refractivity contribution is 7.99. The molecule has 1 aromatic heterocycles. The molecule has 0 aliphatic heterocycles. The fraction of sp³-hybridized carbons (Fsp3) is 0.300. The van der Waals surface area contributed by atoms with Gasteiger partial charge < -0.3 is 20.4 Å². The summed E-state index contributed by atoms with van der Waals surface area (Å²) in [5.74, 6) is 0.199. The third kappa shape index (κ3) is 6.54. The maximum absolute atomic E-state index is 12.0. The summed E-state index contributed by atoms with van der Waals surface area (Å²) >= 11 is 13.2. The van der Waals surface area contributed by atoms with Crippen molar-refractivity contribution >= 4 is 57.7 Å². The predicted molar refractivity (Wildman–Crippen MR) is 120 cm³/mol. The van der Waals surface area contributed by atoms with Crippen LogP contribution in [0.5, 0.6) is 0 Å². The van der Waals surface area contributed by atoms with Gasteiger partial charge in [-0.25, -0.2) is 4.98 Å². The molecule has 0 fully saturated rings. The SMILES string of the molecule is CN(CCCNC(=O)CSc1nc2ccc(N)cc2o1)Cc1ccc(Cl)c(Cl)c1. The van der Waals surface area contributed by atoms with E-state index < -0.39 is 0 Å². The normalized spacial score (nSPS) is 11.3. The molecule has 3 N–H and O–H groups in total. The van der Waals surface area contributed by atoms with E-state index in [1.807, 2.05) is 19.2 Å². The van der Waals surface area contributed by atoms with Crippen LogP contribution in [-0.4, -0.2) is 41.7 Å². The first-order chi connectivity index (χ1) is 13.9. The summed E-state index contributed by atoms with van der Waals surface area (Å²) in [4.78, 5) is 18.5. The number of fused-ring (bicyclic) bond motifs is 1. The van der Waals surface area contributed by atoms with Crippen molar-refractivity contribution in [1.82, 2.24) is 15.2 Å². The van der Waals surface area contributed by atoms with Crippen LogP contribution in [0.1, 0.15) is 12.0 Å². The number of nitrogen functional groups attached to an aromatic ring is 1. The first-order valence-electron chi connectivity index (χ1n) is 9.09. The van der Waals surface area contributed by atoms with E-state index in [1.54, 1.807) is 24.3 Å². The molecule has 0 spiro atoms. The zero-order chi connectivity index (χ0) is 20.8. The Morgan fingerprint density at radius 2 is 2.07 bits per heavy atom. The molecule has 29 heavy (non-hydrogen) atoms. The van der Waals surface area contributed by atoms with Crippen molar-refractivity contribution < 1.29 is 9.21 Å². The summed E-state index contributed by atoms with van der Waals surface area (Å²) < 4.78 is 5.60. The molecule has 3 rings (SSSR count). The van der Waals surface area contributed by atoms with Crippen LogP contribution < -0.4 is 11.1 Å². The van der Waals surface area contributed by atoms with E-state index >= 15 is 0 Å². The number of nitrogens with two attached hydrogens (primary N) is 1. The third-order valence-electron chi connectivity index (χ3n) is 4.19.